The van der Waals surface area contributed by atoms with E-state index in [4.69, 9.17) is 11.6 Å². The Hall–Kier alpha value is -1.09. The monoisotopic (exact) mass is 282 g/mol. The minimum atomic E-state index is -0.0128. The summed E-state index contributed by atoms with van der Waals surface area (Å²) < 4.78 is 0. The fraction of sp³-hybridized carbons (Fsp3) is 0.600. The maximum Gasteiger partial charge on any atom is 0.253 e. The number of nitrogens with zero attached hydrogens (tertiary/aromatic N) is 2. The van der Waals surface area contributed by atoms with Gasteiger partial charge >= 0.3 is 0 Å². The van der Waals surface area contributed by atoms with Crippen molar-refractivity contribution in [3.63, 3.8) is 0 Å². The normalized spacial score (nSPS) is 11.8. The number of hydrogen-bond acceptors (Lipinski definition) is 2. The molecular formula is C15H23ClN2O. The van der Waals surface area contributed by atoms with Crippen LogP contribution < -0.4 is 0 Å². The van der Waals surface area contributed by atoms with Crippen molar-refractivity contribution in [1.82, 2.24) is 9.88 Å². The molecule has 1 rings (SSSR count). The highest BCUT2D eigenvalue weighted by molar-refractivity contribution is 6.29. The molecule has 0 aromatic carbocycles. The molecule has 106 valence electrons. The van der Waals surface area contributed by atoms with Gasteiger partial charge < -0.3 is 4.90 Å². The fourth-order valence-corrected chi connectivity index (χ4v) is 2.16. The Balaban J connectivity index is 2.99. The van der Waals surface area contributed by atoms with Crippen LogP contribution in [0.15, 0.2) is 12.1 Å². The van der Waals surface area contributed by atoms with Gasteiger partial charge in [0.25, 0.3) is 5.91 Å². The summed E-state index contributed by atoms with van der Waals surface area (Å²) in [6.07, 6.45) is 0. The summed E-state index contributed by atoms with van der Waals surface area (Å²) in [6.45, 7) is 11.1. The number of halogens is 1. The minimum Gasteiger partial charge on any atom is -0.341 e. The van der Waals surface area contributed by atoms with Gasteiger partial charge in [0.2, 0.25) is 0 Å². The molecule has 0 saturated carbocycles. The number of carbonyl (C=O) groups is 1. The van der Waals surface area contributed by atoms with Crippen LogP contribution in [0.2, 0.25) is 5.15 Å². The highest BCUT2D eigenvalue weighted by Gasteiger charge is 2.20. The average Bonchev–Trinajstić information content (AvgIpc) is 2.24. The Kier molecular flexibility index (Phi) is 4.97. The maximum absolute atomic E-state index is 12.4. The molecule has 0 aliphatic heterocycles. The van der Waals surface area contributed by atoms with Crippen LogP contribution in [0, 0.1) is 5.41 Å². The molecule has 0 bridgehead atoms. The van der Waals surface area contributed by atoms with Crippen molar-refractivity contribution in [1.29, 1.82) is 0 Å². The molecule has 1 aromatic rings. The van der Waals surface area contributed by atoms with Crippen molar-refractivity contribution in [2.45, 2.75) is 40.5 Å². The van der Waals surface area contributed by atoms with E-state index in [1.807, 2.05) is 27.0 Å². The van der Waals surface area contributed by atoms with Crippen LogP contribution in [0.4, 0.5) is 0 Å². The quantitative estimate of drug-likeness (QED) is 0.786. The molecule has 0 aliphatic carbocycles. The standard InChI is InChI=1S/C15H23ClN2O/c1-10(2)12-7-11(8-13(16)17-12)14(19)18(6)9-15(3,4)5/h7-8,10H,9H2,1-6H3. The van der Waals surface area contributed by atoms with Crippen LogP contribution in [-0.2, 0) is 0 Å². The predicted molar refractivity (Wildman–Crippen MR) is 79.8 cm³/mol. The molecule has 1 aromatic heterocycles. The van der Waals surface area contributed by atoms with Gasteiger partial charge in [-0.15, -0.1) is 0 Å². The molecule has 1 heterocycles. The third-order valence-corrected chi connectivity index (χ3v) is 2.90. The largest absolute Gasteiger partial charge is 0.341 e. The average molecular weight is 283 g/mol. The Morgan fingerprint density at radius 1 is 1.37 bits per heavy atom. The van der Waals surface area contributed by atoms with Gasteiger partial charge in [0.1, 0.15) is 5.15 Å². The Morgan fingerprint density at radius 3 is 2.42 bits per heavy atom. The van der Waals surface area contributed by atoms with E-state index in [1.165, 1.54) is 0 Å². The van der Waals surface area contributed by atoms with Crippen molar-refractivity contribution in [2.24, 2.45) is 5.41 Å². The lowest BCUT2D eigenvalue weighted by Crippen LogP contribution is -2.34. The van der Waals surface area contributed by atoms with Crippen LogP contribution in [-0.4, -0.2) is 29.4 Å². The number of amides is 1. The fourth-order valence-electron chi connectivity index (χ4n) is 1.94. The first-order valence-corrected chi connectivity index (χ1v) is 6.91. The molecule has 0 spiro atoms. The summed E-state index contributed by atoms with van der Waals surface area (Å²) in [5.74, 6) is 0.235. The zero-order chi connectivity index (χ0) is 14.8. The molecular weight excluding hydrogens is 260 g/mol. The number of rotatable bonds is 3. The van der Waals surface area contributed by atoms with Gasteiger partial charge in [-0.2, -0.15) is 0 Å². The maximum atomic E-state index is 12.4. The first-order chi connectivity index (χ1) is 8.60. The van der Waals surface area contributed by atoms with E-state index in [-0.39, 0.29) is 17.2 Å². The van der Waals surface area contributed by atoms with E-state index < -0.39 is 0 Å². The van der Waals surface area contributed by atoms with Gasteiger partial charge in [0.15, 0.2) is 0 Å². The number of hydrogen-bond donors (Lipinski definition) is 0. The molecule has 0 N–H and O–H groups in total. The van der Waals surface area contributed by atoms with E-state index in [0.29, 0.717) is 17.3 Å². The molecule has 4 heteroatoms. The molecule has 1 amide bonds. The lowest BCUT2D eigenvalue weighted by Gasteiger charge is -2.26. The lowest BCUT2D eigenvalue weighted by atomic mass is 9.96. The molecule has 0 aliphatic rings. The van der Waals surface area contributed by atoms with E-state index in [9.17, 15) is 4.79 Å². The van der Waals surface area contributed by atoms with Gasteiger partial charge in [-0.1, -0.05) is 46.2 Å². The highest BCUT2D eigenvalue weighted by Crippen LogP contribution is 2.20. The molecule has 0 saturated heterocycles. The van der Waals surface area contributed by atoms with Crippen molar-refractivity contribution >= 4 is 17.5 Å². The van der Waals surface area contributed by atoms with Crippen LogP contribution >= 0.6 is 11.6 Å². The summed E-state index contributed by atoms with van der Waals surface area (Å²) in [4.78, 5) is 18.4. The van der Waals surface area contributed by atoms with Gasteiger partial charge in [-0.3, -0.25) is 4.79 Å². The zero-order valence-corrected chi connectivity index (χ0v) is 13.4. The predicted octanol–water partition coefficient (Wildman–Crippen LogP) is 3.98. The van der Waals surface area contributed by atoms with Gasteiger partial charge in [-0.25, -0.2) is 4.98 Å². The summed E-state index contributed by atoms with van der Waals surface area (Å²) >= 11 is 5.99. The van der Waals surface area contributed by atoms with E-state index in [0.717, 1.165) is 5.69 Å². The number of carbonyl (C=O) groups excluding carboxylic acids is 1. The Bertz CT molecular complexity index is 464. The SMILES string of the molecule is CC(C)c1cc(C(=O)N(C)CC(C)(C)C)cc(Cl)n1. The summed E-state index contributed by atoms with van der Waals surface area (Å²) in [5, 5.41) is 0.374. The van der Waals surface area contributed by atoms with Gasteiger partial charge in [0.05, 0.1) is 0 Å². The lowest BCUT2D eigenvalue weighted by molar-refractivity contribution is 0.0745. The first-order valence-electron chi connectivity index (χ1n) is 6.53. The Morgan fingerprint density at radius 2 is 1.95 bits per heavy atom. The van der Waals surface area contributed by atoms with Crippen molar-refractivity contribution in [3.05, 3.63) is 28.5 Å². The number of pyridine rings is 1. The van der Waals surface area contributed by atoms with E-state index in [2.05, 4.69) is 25.8 Å². The van der Waals surface area contributed by atoms with Crippen LogP contribution in [0.5, 0.6) is 0 Å². The second-order valence-electron chi connectivity index (χ2n) is 6.48. The molecule has 0 radical (unpaired) electrons. The summed E-state index contributed by atoms with van der Waals surface area (Å²) in [6, 6.07) is 3.47. The third kappa shape index (κ3) is 4.83. The molecule has 0 fully saturated rings. The second kappa shape index (κ2) is 5.91. The van der Waals surface area contributed by atoms with Gasteiger partial charge in [-0.05, 0) is 23.5 Å². The van der Waals surface area contributed by atoms with Crippen molar-refractivity contribution in [3.8, 4) is 0 Å². The van der Waals surface area contributed by atoms with Gasteiger partial charge in [0, 0.05) is 24.8 Å². The van der Waals surface area contributed by atoms with Crippen LogP contribution in [0.3, 0.4) is 0 Å². The minimum absolute atomic E-state index is 0.0128. The summed E-state index contributed by atoms with van der Waals surface area (Å²) in [7, 11) is 1.82. The van der Waals surface area contributed by atoms with E-state index >= 15 is 0 Å². The second-order valence-corrected chi connectivity index (χ2v) is 6.87. The highest BCUT2D eigenvalue weighted by atomic mass is 35.5. The summed E-state index contributed by atoms with van der Waals surface area (Å²) in [5.41, 5.74) is 1.53. The van der Waals surface area contributed by atoms with Crippen LogP contribution in [0.1, 0.15) is 56.6 Å². The van der Waals surface area contributed by atoms with E-state index in [1.54, 1.807) is 11.0 Å². The van der Waals surface area contributed by atoms with Crippen LogP contribution in [0.25, 0.3) is 0 Å². The van der Waals surface area contributed by atoms with Crippen molar-refractivity contribution in [2.75, 3.05) is 13.6 Å². The topological polar surface area (TPSA) is 33.2 Å². The van der Waals surface area contributed by atoms with Crippen molar-refractivity contribution < 1.29 is 4.79 Å². The molecule has 3 nitrogen and oxygen atoms in total. The Labute approximate surface area is 121 Å². The molecule has 0 atom stereocenters. The first kappa shape index (κ1) is 16.0. The molecule has 19 heavy (non-hydrogen) atoms. The zero-order valence-electron chi connectivity index (χ0n) is 12.6. The third-order valence-electron chi connectivity index (χ3n) is 2.71. The molecule has 0 unspecified atom stereocenters. The number of aromatic nitrogens is 1. The smallest absolute Gasteiger partial charge is 0.253 e.